The summed E-state index contributed by atoms with van der Waals surface area (Å²) >= 11 is 0. The number of hydrogen-bond acceptors (Lipinski definition) is 4. The summed E-state index contributed by atoms with van der Waals surface area (Å²) in [6, 6.07) is 6.51. The third-order valence-corrected chi connectivity index (χ3v) is 6.24. The molecular weight excluding hydrogens is 378 g/mol. The molecule has 0 aliphatic carbocycles. The zero-order valence-corrected chi connectivity index (χ0v) is 18.2. The van der Waals surface area contributed by atoms with E-state index in [0.29, 0.717) is 12.5 Å². The first-order chi connectivity index (χ1) is 14.7. The molecule has 0 aromatic heterocycles. The van der Waals surface area contributed by atoms with Crippen molar-refractivity contribution in [2.24, 2.45) is 4.99 Å². The molecule has 0 bridgehead atoms. The minimum absolute atomic E-state index is 0.293. The van der Waals surface area contributed by atoms with Gasteiger partial charge in [-0.25, -0.2) is 0 Å². The van der Waals surface area contributed by atoms with Crippen LogP contribution in [0.5, 0.6) is 5.75 Å². The number of carbonyl (C=O) groups is 1. The standard InChI is InChI=1S/C23H35N5O2/c1-2-24-23(25-9-7-19-5-6-21-20(17-19)8-16-30-21)28-14-12-26(13-15-28)18-22(29)27-10-3-4-11-27/h5-6,17H,2-4,7-16,18H2,1H3,(H,24,25). The van der Waals surface area contributed by atoms with Crippen LogP contribution in [-0.4, -0.2) is 92.1 Å². The molecule has 3 heterocycles. The van der Waals surface area contributed by atoms with Crippen LogP contribution < -0.4 is 10.1 Å². The SMILES string of the molecule is CCNC(=NCCc1ccc2c(c1)CCO2)N1CCN(CC(=O)N2CCCC2)CC1. The fourth-order valence-corrected chi connectivity index (χ4v) is 4.49. The van der Waals surface area contributed by atoms with Crippen molar-refractivity contribution in [3.05, 3.63) is 29.3 Å². The maximum atomic E-state index is 12.4. The van der Waals surface area contributed by atoms with Gasteiger partial charge in [-0.2, -0.15) is 0 Å². The number of ether oxygens (including phenoxy) is 1. The van der Waals surface area contributed by atoms with Crippen LogP contribution >= 0.6 is 0 Å². The number of amides is 1. The van der Waals surface area contributed by atoms with Crippen molar-refractivity contribution in [1.29, 1.82) is 0 Å². The van der Waals surface area contributed by atoms with Crippen LogP contribution in [0.1, 0.15) is 30.9 Å². The molecule has 1 amide bonds. The van der Waals surface area contributed by atoms with Crippen molar-refractivity contribution < 1.29 is 9.53 Å². The van der Waals surface area contributed by atoms with Gasteiger partial charge in [0.2, 0.25) is 5.91 Å². The smallest absolute Gasteiger partial charge is 0.236 e. The van der Waals surface area contributed by atoms with Crippen molar-refractivity contribution in [2.45, 2.75) is 32.6 Å². The van der Waals surface area contributed by atoms with E-state index in [1.807, 2.05) is 4.90 Å². The lowest BCUT2D eigenvalue weighted by Gasteiger charge is -2.36. The summed E-state index contributed by atoms with van der Waals surface area (Å²) in [5, 5.41) is 3.44. The quantitative estimate of drug-likeness (QED) is 0.564. The molecule has 7 nitrogen and oxygen atoms in total. The molecule has 164 valence electrons. The van der Waals surface area contributed by atoms with E-state index in [-0.39, 0.29) is 0 Å². The van der Waals surface area contributed by atoms with Crippen LogP contribution in [0.25, 0.3) is 0 Å². The largest absolute Gasteiger partial charge is 0.493 e. The van der Waals surface area contributed by atoms with Gasteiger partial charge in [-0.3, -0.25) is 14.7 Å². The minimum Gasteiger partial charge on any atom is -0.493 e. The third kappa shape index (κ3) is 5.25. The molecule has 1 aromatic carbocycles. The van der Waals surface area contributed by atoms with Gasteiger partial charge in [0.05, 0.1) is 13.2 Å². The number of carbonyl (C=O) groups excluding carboxylic acids is 1. The summed E-state index contributed by atoms with van der Waals surface area (Å²) in [5.74, 6) is 2.32. The van der Waals surface area contributed by atoms with E-state index in [2.05, 4.69) is 40.2 Å². The minimum atomic E-state index is 0.293. The maximum absolute atomic E-state index is 12.4. The van der Waals surface area contributed by atoms with Crippen molar-refractivity contribution in [1.82, 2.24) is 20.0 Å². The Labute approximate surface area is 180 Å². The van der Waals surface area contributed by atoms with E-state index < -0.39 is 0 Å². The molecular formula is C23H35N5O2. The van der Waals surface area contributed by atoms with Gasteiger partial charge in [0, 0.05) is 58.8 Å². The van der Waals surface area contributed by atoms with Crippen LogP contribution in [0.15, 0.2) is 23.2 Å². The normalized spacial score (nSPS) is 19.7. The molecule has 4 rings (SSSR count). The van der Waals surface area contributed by atoms with Gasteiger partial charge in [-0.05, 0) is 43.4 Å². The molecule has 2 fully saturated rings. The van der Waals surface area contributed by atoms with Crippen LogP contribution in [0.4, 0.5) is 0 Å². The monoisotopic (exact) mass is 413 g/mol. The predicted octanol–water partition coefficient (Wildman–Crippen LogP) is 1.37. The van der Waals surface area contributed by atoms with Crippen LogP contribution in [0.3, 0.4) is 0 Å². The summed E-state index contributed by atoms with van der Waals surface area (Å²) in [4.78, 5) is 23.9. The summed E-state index contributed by atoms with van der Waals surface area (Å²) in [6.07, 6.45) is 4.26. The molecule has 0 atom stereocenters. The Morgan fingerprint density at radius 1 is 1.10 bits per heavy atom. The van der Waals surface area contributed by atoms with Gasteiger partial charge in [0.1, 0.15) is 5.75 Å². The Bertz CT molecular complexity index is 752. The Morgan fingerprint density at radius 3 is 2.67 bits per heavy atom. The topological polar surface area (TPSA) is 60.4 Å². The molecule has 2 saturated heterocycles. The predicted molar refractivity (Wildman–Crippen MR) is 119 cm³/mol. The van der Waals surface area contributed by atoms with Crippen LogP contribution in [0.2, 0.25) is 0 Å². The molecule has 0 unspecified atom stereocenters. The number of fused-ring (bicyclic) bond motifs is 1. The summed E-state index contributed by atoms with van der Waals surface area (Å²) in [6.45, 7) is 10.6. The Balaban J connectivity index is 1.26. The fraction of sp³-hybridized carbons (Fsp3) is 0.652. The van der Waals surface area contributed by atoms with Crippen molar-refractivity contribution in [2.75, 3.05) is 65.5 Å². The fourth-order valence-electron chi connectivity index (χ4n) is 4.49. The van der Waals surface area contributed by atoms with E-state index in [9.17, 15) is 4.79 Å². The molecule has 7 heteroatoms. The molecule has 0 spiro atoms. The van der Waals surface area contributed by atoms with E-state index in [1.54, 1.807) is 0 Å². The Kier molecular flexibility index (Phi) is 7.10. The lowest BCUT2D eigenvalue weighted by molar-refractivity contribution is -0.131. The first-order valence-corrected chi connectivity index (χ1v) is 11.5. The van der Waals surface area contributed by atoms with Crippen LogP contribution in [-0.2, 0) is 17.6 Å². The lowest BCUT2D eigenvalue weighted by atomic mass is 10.1. The zero-order chi connectivity index (χ0) is 20.8. The number of nitrogens with one attached hydrogen (secondary N) is 1. The van der Waals surface area contributed by atoms with Gasteiger partial charge in [-0.1, -0.05) is 12.1 Å². The van der Waals surface area contributed by atoms with E-state index >= 15 is 0 Å². The second kappa shape index (κ2) is 10.2. The molecule has 3 aliphatic rings. The number of likely N-dealkylation sites (tertiary alicyclic amines) is 1. The van der Waals surface area contributed by atoms with Gasteiger partial charge in [0.15, 0.2) is 5.96 Å². The second-order valence-corrected chi connectivity index (χ2v) is 8.38. The highest BCUT2D eigenvalue weighted by Crippen LogP contribution is 2.26. The Morgan fingerprint density at radius 2 is 1.90 bits per heavy atom. The summed E-state index contributed by atoms with van der Waals surface area (Å²) < 4.78 is 5.60. The Hall–Kier alpha value is -2.28. The number of piperazine rings is 1. The molecule has 1 aromatic rings. The number of hydrogen-bond donors (Lipinski definition) is 1. The second-order valence-electron chi connectivity index (χ2n) is 8.38. The highest BCUT2D eigenvalue weighted by molar-refractivity contribution is 5.80. The van der Waals surface area contributed by atoms with Crippen molar-refractivity contribution >= 4 is 11.9 Å². The third-order valence-electron chi connectivity index (χ3n) is 6.24. The average molecular weight is 414 g/mol. The van der Waals surface area contributed by atoms with Crippen LogP contribution in [0, 0.1) is 0 Å². The van der Waals surface area contributed by atoms with Gasteiger partial charge in [-0.15, -0.1) is 0 Å². The van der Waals surface area contributed by atoms with Crippen molar-refractivity contribution in [3.8, 4) is 5.75 Å². The van der Waals surface area contributed by atoms with Gasteiger partial charge in [0.25, 0.3) is 0 Å². The maximum Gasteiger partial charge on any atom is 0.236 e. The van der Waals surface area contributed by atoms with E-state index in [4.69, 9.17) is 9.73 Å². The lowest BCUT2D eigenvalue weighted by Crippen LogP contribution is -2.54. The molecule has 3 aliphatic heterocycles. The molecule has 0 radical (unpaired) electrons. The first kappa shape index (κ1) is 21.0. The van der Waals surface area contributed by atoms with Gasteiger partial charge < -0.3 is 19.9 Å². The number of aliphatic imine (C=N–C) groups is 1. The van der Waals surface area contributed by atoms with E-state index in [0.717, 1.165) is 96.4 Å². The highest BCUT2D eigenvalue weighted by Gasteiger charge is 2.24. The summed E-state index contributed by atoms with van der Waals surface area (Å²) in [5.41, 5.74) is 2.65. The number of benzene rings is 1. The first-order valence-electron chi connectivity index (χ1n) is 11.5. The van der Waals surface area contributed by atoms with E-state index in [1.165, 1.54) is 11.1 Å². The van der Waals surface area contributed by atoms with Crippen molar-refractivity contribution in [3.63, 3.8) is 0 Å². The molecule has 1 N–H and O–H groups in total. The molecule has 30 heavy (non-hydrogen) atoms. The number of guanidine groups is 1. The summed E-state index contributed by atoms with van der Waals surface area (Å²) in [7, 11) is 0. The zero-order valence-electron chi connectivity index (χ0n) is 18.2. The number of rotatable bonds is 6. The highest BCUT2D eigenvalue weighted by atomic mass is 16.5. The average Bonchev–Trinajstić information content (AvgIpc) is 3.45. The number of nitrogens with zero attached hydrogens (tertiary/aromatic N) is 4. The van der Waals surface area contributed by atoms with Gasteiger partial charge >= 0.3 is 0 Å². The molecule has 0 saturated carbocycles.